The van der Waals surface area contributed by atoms with Crippen molar-refractivity contribution >= 4 is 5.82 Å². The van der Waals surface area contributed by atoms with Gasteiger partial charge in [-0.05, 0) is 30.5 Å². The SMILES string of the molecule is CCCC(N)Cc1ccnc(N)c1. The molecule has 1 heterocycles. The van der Waals surface area contributed by atoms with E-state index in [0.29, 0.717) is 5.82 Å². The first-order chi connectivity index (χ1) is 6.22. The number of pyridine rings is 1. The van der Waals surface area contributed by atoms with Gasteiger partial charge in [0.2, 0.25) is 0 Å². The zero-order valence-corrected chi connectivity index (χ0v) is 8.03. The van der Waals surface area contributed by atoms with Crippen LogP contribution >= 0.6 is 0 Å². The molecule has 0 aliphatic carbocycles. The van der Waals surface area contributed by atoms with Crippen molar-refractivity contribution in [2.45, 2.75) is 32.2 Å². The van der Waals surface area contributed by atoms with Gasteiger partial charge in [0.25, 0.3) is 0 Å². The quantitative estimate of drug-likeness (QED) is 0.733. The van der Waals surface area contributed by atoms with Crippen molar-refractivity contribution < 1.29 is 0 Å². The van der Waals surface area contributed by atoms with Crippen LogP contribution in [0.2, 0.25) is 0 Å². The Morgan fingerprint density at radius 1 is 1.54 bits per heavy atom. The molecule has 0 aliphatic rings. The summed E-state index contributed by atoms with van der Waals surface area (Å²) < 4.78 is 0. The van der Waals surface area contributed by atoms with Crippen molar-refractivity contribution in [3.05, 3.63) is 23.9 Å². The van der Waals surface area contributed by atoms with E-state index in [1.165, 1.54) is 5.56 Å². The minimum atomic E-state index is 0.242. The number of nitrogens with two attached hydrogens (primary N) is 2. The minimum Gasteiger partial charge on any atom is -0.384 e. The van der Waals surface area contributed by atoms with Gasteiger partial charge in [-0.15, -0.1) is 0 Å². The van der Waals surface area contributed by atoms with Crippen LogP contribution in [-0.4, -0.2) is 11.0 Å². The molecule has 0 spiro atoms. The molecule has 0 aromatic carbocycles. The second-order valence-corrected chi connectivity index (χ2v) is 3.34. The summed E-state index contributed by atoms with van der Waals surface area (Å²) in [6.45, 7) is 2.14. The fraction of sp³-hybridized carbons (Fsp3) is 0.500. The van der Waals surface area contributed by atoms with Gasteiger partial charge in [-0.3, -0.25) is 0 Å². The summed E-state index contributed by atoms with van der Waals surface area (Å²) in [4.78, 5) is 3.93. The maximum Gasteiger partial charge on any atom is 0.123 e. The van der Waals surface area contributed by atoms with Crippen LogP contribution in [0.3, 0.4) is 0 Å². The third kappa shape index (κ3) is 3.42. The molecule has 3 nitrogen and oxygen atoms in total. The summed E-state index contributed by atoms with van der Waals surface area (Å²) in [7, 11) is 0. The summed E-state index contributed by atoms with van der Waals surface area (Å²) in [5.41, 5.74) is 12.6. The van der Waals surface area contributed by atoms with Crippen molar-refractivity contribution in [3.63, 3.8) is 0 Å². The van der Waals surface area contributed by atoms with E-state index >= 15 is 0 Å². The van der Waals surface area contributed by atoms with E-state index < -0.39 is 0 Å². The number of nitrogen functional groups attached to an aromatic ring is 1. The van der Waals surface area contributed by atoms with Crippen molar-refractivity contribution in [2.24, 2.45) is 5.73 Å². The molecule has 0 aliphatic heterocycles. The van der Waals surface area contributed by atoms with Crippen LogP contribution < -0.4 is 11.5 Å². The number of hydrogen-bond donors (Lipinski definition) is 2. The molecule has 1 unspecified atom stereocenters. The third-order valence-electron chi connectivity index (χ3n) is 2.00. The molecule has 1 aromatic rings. The van der Waals surface area contributed by atoms with E-state index in [-0.39, 0.29) is 6.04 Å². The molecule has 1 rings (SSSR count). The second-order valence-electron chi connectivity index (χ2n) is 3.34. The molecule has 13 heavy (non-hydrogen) atoms. The lowest BCUT2D eigenvalue weighted by Gasteiger charge is -2.09. The van der Waals surface area contributed by atoms with Crippen LogP contribution in [-0.2, 0) is 6.42 Å². The van der Waals surface area contributed by atoms with Crippen LogP contribution in [0.1, 0.15) is 25.3 Å². The van der Waals surface area contributed by atoms with Crippen molar-refractivity contribution in [3.8, 4) is 0 Å². The van der Waals surface area contributed by atoms with Crippen molar-refractivity contribution in [1.82, 2.24) is 4.98 Å². The van der Waals surface area contributed by atoms with E-state index in [1.807, 2.05) is 12.1 Å². The highest BCUT2D eigenvalue weighted by Gasteiger charge is 2.02. The Labute approximate surface area is 79.2 Å². The second kappa shape index (κ2) is 4.82. The predicted octanol–water partition coefficient (Wildman–Crippen LogP) is 1.33. The Morgan fingerprint density at radius 2 is 2.31 bits per heavy atom. The van der Waals surface area contributed by atoms with Gasteiger partial charge in [-0.25, -0.2) is 4.98 Å². The zero-order chi connectivity index (χ0) is 9.68. The number of aromatic nitrogens is 1. The molecule has 0 amide bonds. The molecule has 0 bridgehead atoms. The molecule has 1 aromatic heterocycles. The average molecular weight is 179 g/mol. The summed E-state index contributed by atoms with van der Waals surface area (Å²) in [6.07, 6.45) is 4.80. The average Bonchev–Trinajstić information content (AvgIpc) is 2.04. The highest BCUT2D eigenvalue weighted by atomic mass is 14.8. The number of rotatable bonds is 4. The van der Waals surface area contributed by atoms with Crippen molar-refractivity contribution in [1.29, 1.82) is 0 Å². The zero-order valence-electron chi connectivity index (χ0n) is 8.03. The van der Waals surface area contributed by atoms with Gasteiger partial charge in [0.15, 0.2) is 0 Å². The number of hydrogen-bond acceptors (Lipinski definition) is 3. The van der Waals surface area contributed by atoms with E-state index in [4.69, 9.17) is 11.5 Å². The van der Waals surface area contributed by atoms with Gasteiger partial charge in [-0.1, -0.05) is 13.3 Å². The highest BCUT2D eigenvalue weighted by Crippen LogP contribution is 2.07. The summed E-state index contributed by atoms with van der Waals surface area (Å²) >= 11 is 0. The van der Waals surface area contributed by atoms with Gasteiger partial charge < -0.3 is 11.5 Å². The molecule has 1 atom stereocenters. The fourth-order valence-corrected chi connectivity index (χ4v) is 1.40. The Balaban J connectivity index is 2.53. The molecule has 0 saturated carbocycles. The number of anilines is 1. The molecule has 0 saturated heterocycles. The molecule has 4 N–H and O–H groups in total. The van der Waals surface area contributed by atoms with Crippen LogP contribution in [0, 0.1) is 0 Å². The summed E-state index contributed by atoms with van der Waals surface area (Å²) in [5.74, 6) is 0.571. The van der Waals surface area contributed by atoms with Gasteiger partial charge in [0.05, 0.1) is 0 Å². The fourth-order valence-electron chi connectivity index (χ4n) is 1.40. The molecule has 0 radical (unpaired) electrons. The lowest BCUT2D eigenvalue weighted by Crippen LogP contribution is -2.22. The van der Waals surface area contributed by atoms with Gasteiger partial charge in [-0.2, -0.15) is 0 Å². The van der Waals surface area contributed by atoms with Crippen LogP contribution in [0.15, 0.2) is 18.3 Å². The molecule has 72 valence electrons. The Kier molecular flexibility index (Phi) is 3.71. The first-order valence-corrected chi connectivity index (χ1v) is 4.68. The van der Waals surface area contributed by atoms with E-state index in [9.17, 15) is 0 Å². The molecular weight excluding hydrogens is 162 g/mol. The largest absolute Gasteiger partial charge is 0.384 e. The molecular formula is C10H17N3. The lowest BCUT2D eigenvalue weighted by molar-refractivity contribution is 0.600. The highest BCUT2D eigenvalue weighted by molar-refractivity contribution is 5.32. The summed E-state index contributed by atoms with van der Waals surface area (Å²) in [5, 5.41) is 0. The normalized spacial score (nSPS) is 12.8. The van der Waals surface area contributed by atoms with Gasteiger partial charge in [0, 0.05) is 12.2 Å². The monoisotopic (exact) mass is 179 g/mol. The standard InChI is InChI=1S/C10H17N3/c1-2-3-9(11)6-8-4-5-13-10(12)7-8/h4-5,7,9H,2-3,6,11H2,1H3,(H2,12,13). The summed E-state index contributed by atoms with van der Waals surface area (Å²) in [6, 6.07) is 4.09. The van der Waals surface area contributed by atoms with Crippen molar-refractivity contribution in [2.75, 3.05) is 5.73 Å². The molecule has 0 fully saturated rings. The molecule has 3 heteroatoms. The first-order valence-electron chi connectivity index (χ1n) is 4.68. The predicted molar refractivity (Wildman–Crippen MR) is 55.2 cm³/mol. The van der Waals surface area contributed by atoms with Crippen LogP contribution in [0.4, 0.5) is 5.82 Å². The van der Waals surface area contributed by atoms with E-state index in [2.05, 4.69) is 11.9 Å². The van der Waals surface area contributed by atoms with E-state index in [0.717, 1.165) is 19.3 Å². The Hall–Kier alpha value is -1.09. The van der Waals surface area contributed by atoms with Gasteiger partial charge >= 0.3 is 0 Å². The van der Waals surface area contributed by atoms with Crippen LogP contribution in [0.5, 0.6) is 0 Å². The Morgan fingerprint density at radius 3 is 2.92 bits per heavy atom. The van der Waals surface area contributed by atoms with E-state index in [1.54, 1.807) is 6.20 Å². The Bertz CT molecular complexity index is 260. The minimum absolute atomic E-state index is 0.242. The maximum absolute atomic E-state index is 5.91. The smallest absolute Gasteiger partial charge is 0.123 e. The third-order valence-corrected chi connectivity index (χ3v) is 2.00. The van der Waals surface area contributed by atoms with Gasteiger partial charge in [0.1, 0.15) is 5.82 Å². The van der Waals surface area contributed by atoms with Crippen LogP contribution in [0.25, 0.3) is 0 Å². The first kappa shape index (κ1) is 9.99. The maximum atomic E-state index is 5.91. The topological polar surface area (TPSA) is 64.9 Å². The lowest BCUT2D eigenvalue weighted by atomic mass is 10.0. The number of nitrogens with zero attached hydrogens (tertiary/aromatic N) is 1.